The molecule has 0 amide bonds. The topological polar surface area (TPSA) is 52.3 Å². The summed E-state index contributed by atoms with van der Waals surface area (Å²) in [6, 6.07) is 18.9. The van der Waals surface area contributed by atoms with Gasteiger partial charge in [0.15, 0.2) is 0 Å². The zero-order valence-corrected chi connectivity index (χ0v) is 13.1. The molecule has 0 heterocycles. The first kappa shape index (κ1) is 16.3. The van der Waals surface area contributed by atoms with E-state index in [1.807, 2.05) is 74.5 Å². The van der Waals surface area contributed by atoms with Gasteiger partial charge < -0.3 is 10.4 Å². The maximum atomic E-state index is 12.3. The van der Waals surface area contributed by atoms with Crippen molar-refractivity contribution in [3.8, 4) is 0 Å². The summed E-state index contributed by atoms with van der Waals surface area (Å²) in [4.78, 5) is 12.3. The summed E-state index contributed by atoms with van der Waals surface area (Å²) in [5.74, 6) is 0.000793. The van der Waals surface area contributed by atoms with Crippen molar-refractivity contribution in [2.24, 2.45) is 11.7 Å². The highest BCUT2D eigenvalue weighted by Gasteiger charge is 2.28. The van der Waals surface area contributed by atoms with Gasteiger partial charge in [-0.3, -0.25) is 4.79 Å². The zero-order chi connectivity index (χ0) is 15.9. The first-order valence-corrected chi connectivity index (χ1v) is 7.64. The summed E-state index contributed by atoms with van der Waals surface area (Å²) in [6.07, 6.45) is 0.620. The molecule has 22 heavy (non-hydrogen) atoms. The first-order chi connectivity index (χ1) is 10.6. The first-order valence-electron chi connectivity index (χ1n) is 7.64. The van der Waals surface area contributed by atoms with Crippen LogP contribution in [0.25, 0.3) is 0 Å². The van der Waals surface area contributed by atoms with Crippen LogP contribution in [0, 0.1) is 5.92 Å². The molecule has 2 N–H and O–H groups in total. The van der Waals surface area contributed by atoms with Gasteiger partial charge in [-0.05, 0) is 23.3 Å². The van der Waals surface area contributed by atoms with Crippen molar-refractivity contribution in [2.45, 2.75) is 26.3 Å². The Hall–Kier alpha value is -2.07. The lowest BCUT2D eigenvalue weighted by Crippen LogP contribution is -2.49. The number of carbonyl (C=O) groups is 1. The van der Waals surface area contributed by atoms with E-state index in [0.717, 1.165) is 10.9 Å². The molecule has 0 aromatic heterocycles. The van der Waals surface area contributed by atoms with Gasteiger partial charge in [0.25, 0.3) is 0 Å². The molecular weight excluding hydrogens is 273 g/mol. The van der Waals surface area contributed by atoms with Crippen LogP contribution in [0.2, 0.25) is 0 Å². The average Bonchev–Trinajstić information content (AvgIpc) is 2.53. The molecule has 0 spiro atoms. The molecule has 1 unspecified atom stereocenters. The van der Waals surface area contributed by atoms with Crippen LogP contribution >= 0.6 is 0 Å². The number of carbonyl (C=O) groups excluding carboxylic acids is 1. The van der Waals surface area contributed by atoms with Crippen LogP contribution in [0.4, 0.5) is 0 Å². The van der Waals surface area contributed by atoms with E-state index in [1.54, 1.807) is 0 Å². The van der Waals surface area contributed by atoms with E-state index in [1.165, 1.54) is 0 Å². The third-order valence-electron chi connectivity index (χ3n) is 3.47. The lowest BCUT2D eigenvalue weighted by atomic mass is 9.55. The number of hydrogen-bond donors (Lipinski definition) is 1. The van der Waals surface area contributed by atoms with Gasteiger partial charge in [0.1, 0.15) is 6.04 Å². The van der Waals surface area contributed by atoms with E-state index >= 15 is 0 Å². The van der Waals surface area contributed by atoms with Gasteiger partial charge in [0, 0.05) is 0 Å². The van der Waals surface area contributed by atoms with E-state index in [-0.39, 0.29) is 5.97 Å². The summed E-state index contributed by atoms with van der Waals surface area (Å²) in [7, 11) is 0. The Labute approximate surface area is 132 Å². The fourth-order valence-corrected chi connectivity index (χ4v) is 2.39. The van der Waals surface area contributed by atoms with Gasteiger partial charge in [-0.1, -0.05) is 74.5 Å². The maximum absolute atomic E-state index is 12.3. The number of rotatable bonds is 6. The number of hydrogen-bond acceptors (Lipinski definition) is 3. The van der Waals surface area contributed by atoms with Gasteiger partial charge in [-0.25, -0.2) is 0 Å². The second kappa shape index (κ2) is 7.80. The Morgan fingerprint density at radius 1 is 1.00 bits per heavy atom. The van der Waals surface area contributed by atoms with Crippen LogP contribution < -0.4 is 16.7 Å². The highest BCUT2D eigenvalue weighted by molar-refractivity contribution is 6.81. The largest absolute Gasteiger partial charge is 0.525 e. The number of benzene rings is 2. The molecule has 0 bridgehead atoms. The molecular formula is C18H22BNO2. The molecule has 3 nitrogen and oxygen atoms in total. The van der Waals surface area contributed by atoms with E-state index in [9.17, 15) is 4.79 Å². The molecule has 2 aromatic rings. The average molecular weight is 295 g/mol. The second-order valence-corrected chi connectivity index (χ2v) is 5.87. The van der Waals surface area contributed by atoms with Crippen LogP contribution in [0.15, 0.2) is 60.7 Å². The van der Waals surface area contributed by atoms with Gasteiger partial charge in [0.2, 0.25) is 0 Å². The molecule has 2 rings (SSSR count). The quantitative estimate of drug-likeness (QED) is 0.825. The van der Waals surface area contributed by atoms with Gasteiger partial charge in [-0.15, -0.1) is 0 Å². The van der Waals surface area contributed by atoms with Crippen LogP contribution in [0.1, 0.15) is 20.3 Å². The maximum Gasteiger partial charge on any atom is 0.429 e. The zero-order valence-electron chi connectivity index (χ0n) is 13.1. The highest BCUT2D eigenvalue weighted by Crippen LogP contribution is 2.05. The van der Waals surface area contributed by atoms with Crippen molar-refractivity contribution in [3.05, 3.63) is 60.7 Å². The predicted octanol–water partition coefficient (Wildman–Crippen LogP) is 1.71. The highest BCUT2D eigenvalue weighted by atomic mass is 16.5. The third kappa shape index (κ3) is 4.47. The third-order valence-corrected chi connectivity index (χ3v) is 3.47. The summed E-state index contributed by atoms with van der Waals surface area (Å²) >= 11 is 0. The SMILES string of the molecule is CC(C)CC(N)C(=O)OB(c1ccccc1)c1ccccc1. The minimum atomic E-state index is -0.588. The fourth-order valence-electron chi connectivity index (χ4n) is 2.39. The molecule has 0 fully saturated rings. The molecule has 0 saturated heterocycles. The Bertz CT molecular complexity index is 547. The summed E-state index contributed by atoms with van der Waals surface area (Å²) in [5.41, 5.74) is 7.83. The Balaban J connectivity index is 2.21. The standard InChI is InChI=1S/C18H22BNO2/c1-14(2)13-17(20)18(21)22-19(15-9-5-3-6-10-15)16-11-7-4-8-12-16/h3-12,14,17H,13,20H2,1-2H3. The minimum absolute atomic E-state index is 0.355. The Morgan fingerprint density at radius 3 is 1.86 bits per heavy atom. The fraction of sp³-hybridized carbons (Fsp3) is 0.278. The molecule has 0 aliphatic carbocycles. The Morgan fingerprint density at radius 2 is 1.45 bits per heavy atom. The van der Waals surface area contributed by atoms with Crippen molar-refractivity contribution >= 4 is 23.8 Å². The molecule has 0 aliphatic heterocycles. The van der Waals surface area contributed by atoms with E-state index < -0.39 is 13.0 Å². The van der Waals surface area contributed by atoms with Gasteiger partial charge >= 0.3 is 12.9 Å². The lowest BCUT2D eigenvalue weighted by molar-refractivity contribution is -0.136. The van der Waals surface area contributed by atoms with Crippen molar-refractivity contribution in [1.29, 1.82) is 0 Å². The second-order valence-electron chi connectivity index (χ2n) is 5.87. The van der Waals surface area contributed by atoms with E-state index in [2.05, 4.69) is 0 Å². The monoisotopic (exact) mass is 295 g/mol. The minimum Gasteiger partial charge on any atom is -0.525 e. The molecule has 0 aliphatic rings. The van der Waals surface area contributed by atoms with Crippen LogP contribution in [-0.4, -0.2) is 18.9 Å². The lowest BCUT2D eigenvalue weighted by Gasteiger charge is -2.19. The van der Waals surface area contributed by atoms with Crippen LogP contribution in [0.5, 0.6) is 0 Å². The molecule has 0 radical (unpaired) electrons. The van der Waals surface area contributed by atoms with Gasteiger partial charge in [0.05, 0.1) is 0 Å². The van der Waals surface area contributed by atoms with E-state index in [0.29, 0.717) is 12.3 Å². The molecule has 0 saturated carbocycles. The smallest absolute Gasteiger partial charge is 0.429 e. The Kier molecular flexibility index (Phi) is 5.79. The van der Waals surface area contributed by atoms with E-state index in [4.69, 9.17) is 10.4 Å². The normalized spacial score (nSPS) is 12.0. The van der Waals surface area contributed by atoms with Crippen LogP contribution in [0.3, 0.4) is 0 Å². The number of nitrogens with two attached hydrogens (primary N) is 1. The van der Waals surface area contributed by atoms with Crippen molar-refractivity contribution in [3.63, 3.8) is 0 Å². The summed E-state index contributed by atoms with van der Waals surface area (Å²) in [6.45, 7) is 3.66. The molecule has 2 aromatic carbocycles. The van der Waals surface area contributed by atoms with Gasteiger partial charge in [-0.2, -0.15) is 0 Å². The van der Waals surface area contributed by atoms with Crippen molar-refractivity contribution in [2.75, 3.05) is 0 Å². The summed E-state index contributed by atoms with van der Waals surface area (Å²) < 4.78 is 5.72. The summed E-state index contributed by atoms with van der Waals surface area (Å²) in [5, 5.41) is 0. The molecule has 4 heteroatoms. The van der Waals surface area contributed by atoms with Crippen LogP contribution in [-0.2, 0) is 9.45 Å². The predicted molar refractivity (Wildman–Crippen MR) is 91.4 cm³/mol. The molecule has 114 valence electrons. The van der Waals surface area contributed by atoms with Crippen molar-refractivity contribution < 1.29 is 9.45 Å². The van der Waals surface area contributed by atoms with Crippen molar-refractivity contribution in [1.82, 2.24) is 0 Å². The molecule has 1 atom stereocenters.